The smallest absolute Gasteiger partial charge is 0.147 e. The van der Waals surface area contributed by atoms with Gasteiger partial charge in [-0.1, -0.05) is 30.0 Å². The van der Waals surface area contributed by atoms with Crippen LogP contribution in [0.25, 0.3) is 0 Å². The minimum absolute atomic E-state index is 0.0981. The van der Waals surface area contributed by atoms with E-state index in [-0.39, 0.29) is 5.78 Å². The number of hydrogen-bond acceptors (Lipinski definition) is 1. The van der Waals surface area contributed by atoms with Crippen LogP contribution in [-0.4, -0.2) is 5.78 Å². The molecule has 14 heavy (non-hydrogen) atoms. The number of hydrogen-bond donors (Lipinski definition) is 0. The first-order valence-electron chi connectivity index (χ1n) is 4.61. The lowest BCUT2D eigenvalue weighted by Crippen LogP contribution is -2.18. The Bertz CT molecular complexity index is 377. The van der Waals surface area contributed by atoms with Crippen LogP contribution in [0.15, 0.2) is 30.3 Å². The van der Waals surface area contributed by atoms with E-state index in [1.54, 1.807) is 6.92 Å². The molecular weight excluding hydrogens is 172 g/mol. The summed E-state index contributed by atoms with van der Waals surface area (Å²) in [6.45, 7) is 5.25. The predicted octanol–water partition coefficient (Wildman–Crippen LogP) is 2.65. The first kappa shape index (κ1) is 10.5. The van der Waals surface area contributed by atoms with Crippen LogP contribution >= 0.6 is 0 Å². The quantitative estimate of drug-likeness (QED) is 0.616. The molecule has 0 spiro atoms. The fourth-order valence-corrected chi connectivity index (χ4v) is 0.838. The maximum Gasteiger partial charge on any atom is 0.147 e. The monoisotopic (exact) mass is 186 g/mol. The van der Waals surface area contributed by atoms with Gasteiger partial charge in [0.1, 0.15) is 5.78 Å². The van der Waals surface area contributed by atoms with Gasteiger partial charge >= 0.3 is 0 Å². The third-order valence-electron chi connectivity index (χ3n) is 2.17. The van der Waals surface area contributed by atoms with E-state index < -0.39 is 5.41 Å². The van der Waals surface area contributed by atoms with Gasteiger partial charge in [-0.25, -0.2) is 0 Å². The Hall–Kier alpha value is -1.55. The van der Waals surface area contributed by atoms with E-state index in [0.29, 0.717) is 0 Å². The second kappa shape index (κ2) is 4.11. The van der Waals surface area contributed by atoms with Crippen LogP contribution < -0.4 is 0 Å². The summed E-state index contributed by atoms with van der Waals surface area (Å²) in [6.07, 6.45) is 0. The number of rotatable bonds is 1. The highest BCUT2D eigenvalue weighted by atomic mass is 16.1. The van der Waals surface area contributed by atoms with Crippen molar-refractivity contribution in [1.29, 1.82) is 0 Å². The zero-order chi connectivity index (χ0) is 10.6. The Morgan fingerprint density at radius 1 is 1.21 bits per heavy atom. The van der Waals surface area contributed by atoms with Crippen molar-refractivity contribution in [3.8, 4) is 11.8 Å². The average Bonchev–Trinajstić information content (AvgIpc) is 2.16. The Morgan fingerprint density at radius 3 is 2.29 bits per heavy atom. The van der Waals surface area contributed by atoms with Crippen LogP contribution in [-0.2, 0) is 4.79 Å². The summed E-state index contributed by atoms with van der Waals surface area (Å²) in [4.78, 5) is 11.2. The molecule has 0 saturated carbocycles. The van der Waals surface area contributed by atoms with Gasteiger partial charge < -0.3 is 0 Å². The van der Waals surface area contributed by atoms with Crippen molar-refractivity contribution in [2.24, 2.45) is 5.41 Å². The minimum atomic E-state index is -0.546. The Kier molecular flexibility index (Phi) is 3.09. The van der Waals surface area contributed by atoms with E-state index in [1.807, 2.05) is 44.2 Å². The molecule has 1 nitrogen and oxygen atoms in total. The average molecular weight is 186 g/mol. The number of carbonyl (C=O) groups is 1. The van der Waals surface area contributed by atoms with Gasteiger partial charge in [-0.3, -0.25) is 4.79 Å². The fraction of sp³-hybridized carbons (Fsp3) is 0.308. The predicted molar refractivity (Wildman–Crippen MR) is 57.8 cm³/mol. The van der Waals surface area contributed by atoms with Crippen LogP contribution in [0.3, 0.4) is 0 Å². The van der Waals surface area contributed by atoms with Crippen molar-refractivity contribution in [2.45, 2.75) is 20.8 Å². The van der Waals surface area contributed by atoms with Gasteiger partial charge in [0.2, 0.25) is 0 Å². The minimum Gasteiger partial charge on any atom is -0.298 e. The van der Waals surface area contributed by atoms with Crippen LogP contribution in [0, 0.1) is 17.3 Å². The fourth-order valence-electron chi connectivity index (χ4n) is 0.838. The van der Waals surface area contributed by atoms with E-state index in [1.165, 1.54) is 0 Å². The van der Waals surface area contributed by atoms with Gasteiger partial charge in [0.25, 0.3) is 0 Å². The zero-order valence-corrected chi connectivity index (χ0v) is 8.79. The van der Waals surface area contributed by atoms with E-state index in [0.717, 1.165) is 5.56 Å². The van der Waals surface area contributed by atoms with Crippen molar-refractivity contribution in [1.82, 2.24) is 0 Å². The highest BCUT2D eigenvalue weighted by Gasteiger charge is 2.19. The molecule has 0 saturated heterocycles. The molecular formula is C13H14O. The molecule has 0 bridgehead atoms. The van der Waals surface area contributed by atoms with Crippen LogP contribution in [0.1, 0.15) is 26.3 Å². The van der Waals surface area contributed by atoms with Gasteiger partial charge in [0.15, 0.2) is 0 Å². The maximum atomic E-state index is 11.2. The van der Waals surface area contributed by atoms with Gasteiger partial charge in [-0.05, 0) is 32.9 Å². The van der Waals surface area contributed by atoms with Crippen molar-refractivity contribution in [3.05, 3.63) is 35.9 Å². The Balaban J connectivity index is 2.89. The SMILES string of the molecule is CC(=O)C(C)(C)C#Cc1ccccc1. The first-order valence-corrected chi connectivity index (χ1v) is 4.61. The van der Waals surface area contributed by atoms with Gasteiger partial charge in [0, 0.05) is 5.56 Å². The molecule has 0 aliphatic heterocycles. The molecule has 1 rings (SSSR count). The lowest BCUT2D eigenvalue weighted by atomic mass is 9.89. The van der Waals surface area contributed by atoms with E-state index >= 15 is 0 Å². The summed E-state index contributed by atoms with van der Waals surface area (Å²) in [5.41, 5.74) is 0.400. The molecule has 0 aliphatic carbocycles. The molecule has 0 radical (unpaired) electrons. The lowest BCUT2D eigenvalue weighted by molar-refractivity contribution is -0.122. The highest BCUT2D eigenvalue weighted by Crippen LogP contribution is 2.14. The molecule has 1 aromatic rings. The molecule has 0 aromatic heterocycles. The van der Waals surface area contributed by atoms with E-state index in [9.17, 15) is 4.79 Å². The second-order valence-electron chi connectivity index (χ2n) is 3.80. The lowest BCUT2D eigenvalue weighted by Gasteiger charge is -2.11. The van der Waals surface area contributed by atoms with E-state index in [4.69, 9.17) is 0 Å². The molecule has 0 unspecified atom stereocenters. The summed E-state index contributed by atoms with van der Waals surface area (Å²) in [6, 6.07) is 9.68. The third-order valence-corrected chi connectivity index (χ3v) is 2.17. The molecule has 72 valence electrons. The molecule has 0 amide bonds. The van der Waals surface area contributed by atoms with Gasteiger partial charge in [0.05, 0.1) is 5.41 Å². The largest absolute Gasteiger partial charge is 0.298 e. The number of Topliss-reactive ketones (excluding diaryl/α,β-unsaturated/α-hetero) is 1. The van der Waals surface area contributed by atoms with Crippen molar-refractivity contribution in [2.75, 3.05) is 0 Å². The van der Waals surface area contributed by atoms with Crippen LogP contribution in [0.5, 0.6) is 0 Å². The summed E-state index contributed by atoms with van der Waals surface area (Å²) in [5, 5.41) is 0. The molecule has 1 aromatic carbocycles. The number of carbonyl (C=O) groups excluding carboxylic acids is 1. The molecule has 0 atom stereocenters. The van der Waals surface area contributed by atoms with Gasteiger partial charge in [-0.2, -0.15) is 0 Å². The van der Waals surface area contributed by atoms with Crippen molar-refractivity contribution >= 4 is 5.78 Å². The zero-order valence-electron chi connectivity index (χ0n) is 8.79. The third kappa shape index (κ3) is 2.74. The summed E-state index contributed by atoms with van der Waals surface area (Å²) in [7, 11) is 0. The molecule has 0 N–H and O–H groups in total. The number of benzene rings is 1. The Morgan fingerprint density at radius 2 is 1.79 bits per heavy atom. The summed E-state index contributed by atoms with van der Waals surface area (Å²) in [5.74, 6) is 6.07. The van der Waals surface area contributed by atoms with E-state index in [2.05, 4.69) is 11.8 Å². The number of ketones is 1. The van der Waals surface area contributed by atoms with Gasteiger partial charge in [-0.15, -0.1) is 0 Å². The summed E-state index contributed by atoms with van der Waals surface area (Å²) < 4.78 is 0. The summed E-state index contributed by atoms with van der Waals surface area (Å²) >= 11 is 0. The second-order valence-corrected chi connectivity index (χ2v) is 3.80. The maximum absolute atomic E-state index is 11.2. The standard InChI is InChI=1S/C13H14O/c1-11(14)13(2,3)10-9-12-7-5-4-6-8-12/h4-8H,1-3H3. The topological polar surface area (TPSA) is 17.1 Å². The van der Waals surface area contributed by atoms with Crippen LogP contribution in [0.2, 0.25) is 0 Å². The normalized spacial score (nSPS) is 10.2. The Labute approximate surface area is 85.1 Å². The van der Waals surface area contributed by atoms with Crippen LogP contribution in [0.4, 0.5) is 0 Å². The molecule has 0 aliphatic rings. The molecule has 0 fully saturated rings. The highest BCUT2D eigenvalue weighted by molar-refractivity contribution is 5.84. The molecule has 0 heterocycles. The van der Waals surface area contributed by atoms with Crippen molar-refractivity contribution in [3.63, 3.8) is 0 Å². The first-order chi connectivity index (χ1) is 6.52. The van der Waals surface area contributed by atoms with Crippen molar-refractivity contribution < 1.29 is 4.79 Å². The molecule has 1 heteroatoms.